The Balaban J connectivity index is 0. The van der Waals surface area contributed by atoms with Crippen molar-refractivity contribution < 1.29 is 9.53 Å². The first-order chi connectivity index (χ1) is 4.68. The van der Waals surface area contributed by atoms with E-state index in [1.807, 2.05) is 0 Å². The van der Waals surface area contributed by atoms with Gasteiger partial charge in [-0.25, -0.2) is 4.79 Å². The quantitative estimate of drug-likeness (QED) is 0.648. The minimum atomic E-state index is -0.711. The van der Waals surface area contributed by atoms with Gasteiger partial charge in [0.05, 0.1) is 6.61 Å². The second-order valence-electron chi connectivity index (χ2n) is 1.75. The van der Waals surface area contributed by atoms with E-state index in [1.165, 1.54) is 12.8 Å². The van der Waals surface area contributed by atoms with Crippen LogP contribution in [0.5, 0.6) is 0 Å². The topological polar surface area (TPSA) is 52.3 Å². The monoisotopic (exact) mass is 147 g/mol. The standard InChI is InChI=1S/C4H10.C3H7NO2/c1-3-4-2;1-2-6-3(4)5/h3-4H2,1-2H3;2H2,1H3,(H2,4,5). The highest BCUT2D eigenvalue weighted by molar-refractivity contribution is 5.64. The van der Waals surface area contributed by atoms with Crippen LogP contribution < -0.4 is 5.73 Å². The summed E-state index contributed by atoms with van der Waals surface area (Å²) in [5, 5.41) is 0. The molecule has 0 fully saturated rings. The molecule has 3 nitrogen and oxygen atoms in total. The van der Waals surface area contributed by atoms with E-state index >= 15 is 0 Å². The van der Waals surface area contributed by atoms with Gasteiger partial charge < -0.3 is 10.5 Å². The van der Waals surface area contributed by atoms with Crippen LogP contribution in [0.1, 0.15) is 33.6 Å². The predicted molar refractivity (Wildman–Crippen MR) is 41.8 cm³/mol. The van der Waals surface area contributed by atoms with Gasteiger partial charge in [-0.05, 0) is 6.92 Å². The number of primary amides is 1. The van der Waals surface area contributed by atoms with E-state index < -0.39 is 6.09 Å². The van der Waals surface area contributed by atoms with Gasteiger partial charge in [0.15, 0.2) is 0 Å². The lowest BCUT2D eigenvalue weighted by Crippen LogP contribution is -2.11. The van der Waals surface area contributed by atoms with E-state index in [0.29, 0.717) is 6.61 Å². The number of ether oxygens (including phenoxy) is 1. The number of unbranched alkanes of at least 4 members (excludes halogenated alkanes) is 1. The van der Waals surface area contributed by atoms with Crippen molar-refractivity contribution in [1.29, 1.82) is 0 Å². The van der Waals surface area contributed by atoms with Gasteiger partial charge in [-0.2, -0.15) is 0 Å². The second kappa shape index (κ2) is 11.1. The van der Waals surface area contributed by atoms with E-state index in [9.17, 15) is 4.79 Å². The lowest BCUT2D eigenvalue weighted by Gasteiger charge is -1.89. The molecule has 0 atom stereocenters. The first-order valence-electron chi connectivity index (χ1n) is 3.61. The van der Waals surface area contributed by atoms with Crippen molar-refractivity contribution in [3.63, 3.8) is 0 Å². The van der Waals surface area contributed by atoms with Crippen LogP contribution in [-0.4, -0.2) is 12.7 Å². The zero-order valence-corrected chi connectivity index (χ0v) is 7.02. The molecule has 0 saturated heterocycles. The molecule has 0 aromatic rings. The van der Waals surface area contributed by atoms with Crippen LogP contribution in [-0.2, 0) is 4.74 Å². The molecule has 10 heavy (non-hydrogen) atoms. The lowest BCUT2D eigenvalue weighted by atomic mass is 10.4. The van der Waals surface area contributed by atoms with Crippen molar-refractivity contribution in [3.8, 4) is 0 Å². The average molecular weight is 147 g/mol. The van der Waals surface area contributed by atoms with E-state index in [0.717, 1.165) is 0 Å². The first-order valence-corrected chi connectivity index (χ1v) is 3.61. The maximum atomic E-state index is 9.60. The molecule has 2 N–H and O–H groups in total. The molecular weight excluding hydrogens is 130 g/mol. The molecule has 0 heterocycles. The Morgan fingerprint density at radius 3 is 1.70 bits per heavy atom. The Kier molecular flexibility index (Phi) is 13.3. The Morgan fingerprint density at radius 2 is 1.70 bits per heavy atom. The highest BCUT2D eigenvalue weighted by Gasteiger charge is 1.82. The summed E-state index contributed by atoms with van der Waals surface area (Å²) in [6, 6.07) is 0. The summed E-state index contributed by atoms with van der Waals surface area (Å²) in [6.45, 7) is 6.42. The van der Waals surface area contributed by atoms with Gasteiger partial charge in [-0.15, -0.1) is 0 Å². The van der Waals surface area contributed by atoms with Crippen molar-refractivity contribution in [2.24, 2.45) is 5.73 Å². The predicted octanol–water partition coefficient (Wildman–Crippen LogP) is 1.91. The number of hydrogen-bond acceptors (Lipinski definition) is 2. The zero-order valence-electron chi connectivity index (χ0n) is 7.02. The number of amides is 1. The van der Waals surface area contributed by atoms with Crippen LogP contribution in [0.3, 0.4) is 0 Å². The van der Waals surface area contributed by atoms with E-state index in [4.69, 9.17) is 0 Å². The van der Waals surface area contributed by atoms with E-state index in [1.54, 1.807) is 6.92 Å². The maximum Gasteiger partial charge on any atom is 0.404 e. The molecule has 1 amide bonds. The van der Waals surface area contributed by atoms with Gasteiger partial charge in [-0.1, -0.05) is 26.7 Å². The molecule has 0 aromatic carbocycles. The highest BCUT2D eigenvalue weighted by Crippen LogP contribution is 1.76. The third-order valence-corrected chi connectivity index (χ3v) is 0.787. The minimum absolute atomic E-state index is 0.356. The largest absolute Gasteiger partial charge is 0.450 e. The number of carbonyl (C=O) groups excluding carboxylic acids is 1. The maximum absolute atomic E-state index is 9.60. The Morgan fingerprint density at radius 1 is 1.30 bits per heavy atom. The number of carbonyl (C=O) groups is 1. The van der Waals surface area contributed by atoms with Crippen molar-refractivity contribution in [2.45, 2.75) is 33.6 Å². The fourth-order valence-corrected chi connectivity index (χ4v) is 0.142. The smallest absolute Gasteiger partial charge is 0.404 e. The van der Waals surface area contributed by atoms with Gasteiger partial charge in [0.1, 0.15) is 0 Å². The van der Waals surface area contributed by atoms with Gasteiger partial charge in [0, 0.05) is 0 Å². The third kappa shape index (κ3) is 26.7. The van der Waals surface area contributed by atoms with Crippen molar-refractivity contribution >= 4 is 6.09 Å². The molecule has 0 radical (unpaired) electrons. The third-order valence-electron chi connectivity index (χ3n) is 0.787. The molecular formula is C7H17NO2. The molecule has 0 saturated carbocycles. The fraction of sp³-hybridized carbons (Fsp3) is 0.857. The van der Waals surface area contributed by atoms with Gasteiger partial charge >= 0.3 is 6.09 Å². The summed E-state index contributed by atoms with van der Waals surface area (Å²) in [4.78, 5) is 9.60. The second-order valence-corrected chi connectivity index (χ2v) is 1.75. The van der Waals surface area contributed by atoms with Gasteiger partial charge in [0.2, 0.25) is 0 Å². The molecule has 0 rings (SSSR count). The summed E-state index contributed by atoms with van der Waals surface area (Å²) in [7, 11) is 0. The molecule has 0 aliphatic rings. The number of rotatable bonds is 2. The molecule has 0 aliphatic carbocycles. The van der Waals surface area contributed by atoms with Gasteiger partial charge in [0.25, 0.3) is 0 Å². The molecule has 0 bridgehead atoms. The molecule has 0 unspecified atom stereocenters. The first kappa shape index (κ1) is 12.0. The molecule has 62 valence electrons. The SMILES string of the molecule is CCCC.CCOC(N)=O. The summed E-state index contributed by atoms with van der Waals surface area (Å²) in [5.74, 6) is 0. The molecule has 3 heteroatoms. The van der Waals surface area contributed by atoms with Crippen LogP contribution in [0.2, 0.25) is 0 Å². The highest BCUT2D eigenvalue weighted by atomic mass is 16.5. The molecule has 0 spiro atoms. The van der Waals surface area contributed by atoms with E-state index in [-0.39, 0.29) is 0 Å². The van der Waals surface area contributed by atoms with Crippen LogP contribution in [0, 0.1) is 0 Å². The van der Waals surface area contributed by atoms with Crippen LogP contribution >= 0.6 is 0 Å². The van der Waals surface area contributed by atoms with Crippen molar-refractivity contribution in [1.82, 2.24) is 0 Å². The summed E-state index contributed by atoms with van der Waals surface area (Å²) in [6.07, 6.45) is 1.93. The summed E-state index contributed by atoms with van der Waals surface area (Å²) < 4.78 is 4.18. The Labute approximate surface area is 62.5 Å². The molecule has 0 aromatic heterocycles. The van der Waals surface area contributed by atoms with E-state index in [2.05, 4.69) is 24.3 Å². The van der Waals surface area contributed by atoms with Crippen LogP contribution in [0.15, 0.2) is 0 Å². The minimum Gasteiger partial charge on any atom is -0.450 e. The Bertz CT molecular complexity index is 72.0. The summed E-state index contributed by atoms with van der Waals surface area (Å²) >= 11 is 0. The summed E-state index contributed by atoms with van der Waals surface area (Å²) in [5.41, 5.74) is 4.54. The van der Waals surface area contributed by atoms with Gasteiger partial charge in [-0.3, -0.25) is 0 Å². The fourth-order valence-electron chi connectivity index (χ4n) is 0.142. The van der Waals surface area contributed by atoms with Crippen molar-refractivity contribution in [3.05, 3.63) is 0 Å². The zero-order chi connectivity index (χ0) is 8.41. The normalized spacial score (nSPS) is 7.50. The van der Waals surface area contributed by atoms with Crippen molar-refractivity contribution in [2.75, 3.05) is 6.61 Å². The number of hydrogen-bond donors (Lipinski definition) is 1. The van der Waals surface area contributed by atoms with Crippen LogP contribution in [0.25, 0.3) is 0 Å². The average Bonchev–Trinajstić information content (AvgIpc) is 1.89. The molecule has 0 aliphatic heterocycles. The number of nitrogens with two attached hydrogens (primary N) is 1. The lowest BCUT2D eigenvalue weighted by molar-refractivity contribution is 0.163. The Hall–Kier alpha value is -0.730. The van der Waals surface area contributed by atoms with Crippen LogP contribution in [0.4, 0.5) is 4.79 Å².